The van der Waals surface area contributed by atoms with E-state index in [0.717, 1.165) is 12.8 Å². The van der Waals surface area contributed by atoms with Gasteiger partial charge in [0.2, 0.25) is 5.91 Å². The van der Waals surface area contributed by atoms with Gasteiger partial charge in [0.15, 0.2) is 0 Å². The maximum Gasteiger partial charge on any atom is 0.333 e. The smallest absolute Gasteiger partial charge is 0.333 e. The van der Waals surface area contributed by atoms with Crippen LogP contribution < -0.4 is 16.1 Å². The van der Waals surface area contributed by atoms with Gasteiger partial charge >= 0.3 is 5.69 Å². The van der Waals surface area contributed by atoms with Crippen LogP contribution in [0.25, 0.3) is 0 Å². The normalized spacial score (nSPS) is 15.3. The van der Waals surface area contributed by atoms with E-state index in [0.29, 0.717) is 32.0 Å². The first-order valence-corrected chi connectivity index (χ1v) is 10.1. The molecule has 1 aliphatic heterocycles. The number of hydrogen-bond donors (Lipinski definition) is 0. The summed E-state index contributed by atoms with van der Waals surface area (Å²) in [6.07, 6.45) is 1.71. The number of aromatic nitrogens is 2. The maximum atomic E-state index is 12.9. The van der Waals surface area contributed by atoms with E-state index in [1.54, 1.807) is 10.6 Å². The lowest BCUT2D eigenvalue weighted by atomic mass is 10.0. The summed E-state index contributed by atoms with van der Waals surface area (Å²) in [5, 5.41) is 0. The van der Waals surface area contributed by atoms with Crippen LogP contribution in [0.2, 0.25) is 0 Å². The molecule has 7 nitrogen and oxygen atoms in total. The van der Waals surface area contributed by atoms with E-state index in [2.05, 4.69) is 4.90 Å². The Morgan fingerprint density at radius 2 is 1.44 bits per heavy atom. The molecule has 1 aliphatic rings. The quantitative estimate of drug-likeness (QED) is 0.761. The lowest BCUT2D eigenvalue weighted by molar-refractivity contribution is -0.136. The second kappa shape index (κ2) is 8.76. The lowest BCUT2D eigenvalue weighted by Gasteiger charge is -2.38. The zero-order chi connectivity index (χ0) is 20.3. The van der Waals surface area contributed by atoms with Crippen LogP contribution in [0.15, 0.2) is 15.7 Å². The molecule has 0 aliphatic carbocycles. The largest absolute Gasteiger partial charge is 0.354 e. The molecule has 1 amide bonds. The molecule has 1 aromatic heterocycles. The first kappa shape index (κ1) is 21.3. The molecule has 0 unspecified atom stereocenters. The Kier molecular flexibility index (Phi) is 6.89. The van der Waals surface area contributed by atoms with Crippen LogP contribution in [0, 0.1) is 5.92 Å². The molecule has 2 rings (SSSR count). The third-order valence-corrected chi connectivity index (χ3v) is 5.43. The predicted molar refractivity (Wildman–Crippen MR) is 109 cm³/mol. The molecular formula is C20H34N4O3. The summed E-state index contributed by atoms with van der Waals surface area (Å²) in [6.45, 7) is 14.2. The summed E-state index contributed by atoms with van der Waals surface area (Å²) in [7, 11) is 0. The van der Waals surface area contributed by atoms with Gasteiger partial charge in [0.25, 0.3) is 5.56 Å². The van der Waals surface area contributed by atoms with Gasteiger partial charge in [0.05, 0.1) is 0 Å². The zero-order valence-corrected chi connectivity index (χ0v) is 17.6. The fraction of sp³-hybridized carbons (Fsp3) is 0.750. The Bertz CT molecular complexity index is 766. The first-order chi connectivity index (χ1) is 12.7. The van der Waals surface area contributed by atoms with Crippen LogP contribution >= 0.6 is 0 Å². The molecular weight excluding hydrogens is 344 g/mol. The Hall–Kier alpha value is -2.05. The van der Waals surface area contributed by atoms with E-state index >= 15 is 0 Å². The number of piperazine rings is 1. The van der Waals surface area contributed by atoms with Gasteiger partial charge in [-0.3, -0.25) is 18.7 Å². The van der Waals surface area contributed by atoms with Gasteiger partial charge in [0.1, 0.15) is 5.82 Å². The van der Waals surface area contributed by atoms with Crippen molar-refractivity contribution in [3.05, 3.63) is 26.9 Å². The van der Waals surface area contributed by atoms with Gasteiger partial charge in [-0.05, 0) is 40.5 Å². The second-order valence-electron chi connectivity index (χ2n) is 7.88. The van der Waals surface area contributed by atoms with E-state index in [4.69, 9.17) is 0 Å². The molecule has 0 atom stereocenters. The van der Waals surface area contributed by atoms with Gasteiger partial charge in [-0.15, -0.1) is 0 Å². The van der Waals surface area contributed by atoms with Crippen LogP contribution in [-0.2, 0) is 4.79 Å². The van der Waals surface area contributed by atoms with Crippen molar-refractivity contribution in [1.82, 2.24) is 14.0 Å². The highest BCUT2D eigenvalue weighted by molar-refractivity contribution is 5.79. The van der Waals surface area contributed by atoms with Crippen molar-refractivity contribution in [2.75, 3.05) is 31.1 Å². The fourth-order valence-electron chi connectivity index (χ4n) is 3.81. The maximum absolute atomic E-state index is 12.9. The number of hydrogen-bond acceptors (Lipinski definition) is 4. The van der Waals surface area contributed by atoms with Crippen LogP contribution in [0.4, 0.5) is 5.82 Å². The minimum atomic E-state index is -0.266. The van der Waals surface area contributed by atoms with Crippen LogP contribution in [0.5, 0.6) is 0 Å². The van der Waals surface area contributed by atoms with Crippen LogP contribution in [0.1, 0.15) is 66.5 Å². The molecule has 7 heteroatoms. The third kappa shape index (κ3) is 4.28. The molecule has 0 N–H and O–H groups in total. The number of carbonyl (C=O) groups is 1. The Labute approximate surface area is 161 Å². The summed E-state index contributed by atoms with van der Waals surface area (Å²) >= 11 is 0. The van der Waals surface area contributed by atoms with Crippen molar-refractivity contribution in [2.24, 2.45) is 5.92 Å². The van der Waals surface area contributed by atoms with E-state index in [-0.39, 0.29) is 35.2 Å². The highest BCUT2D eigenvalue weighted by atomic mass is 16.2. The van der Waals surface area contributed by atoms with Gasteiger partial charge in [-0.1, -0.05) is 13.8 Å². The molecule has 0 spiro atoms. The lowest BCUT2D eigenvalue weighted by Crippen LogP contribution is -2.52. The number of rotatable bonds is 6. The van der Waals surface area contributed by atoms with E-state index < -0.39 is 0 Å². The van der Waals surface area contributed by atoms with Crippen molar-refractivity contribution >= 4 is 11.7 Å². The van der Waals surface area contributed by atoms with Crippen molar-refractivity contribution < 1.29 is 4.79 Å². The Morgan fingerprint density at radius 3 is 1.89 bits per heavy atom. The average Bonchev–Trinajstić information content (AvgIpc) is 2.61. The minimum absolute atomic E-state index is 0.0534. The van der Waals surface area contributed by atoms with Crippen LogP contribution in [-0.4, -0.2) is 46.1 Å². The molecule has 27 heavy (non-hydrogen) atoms. The first-order valence-electron chi connectivity index (χ1n) is 10.1. The standard InChI is InChI=1S/C20H34N4O3/c1-7-16(8-2)19(26)22-11-9-21(10-12-22)17-13-18(25)24(15(5)6)20(27)23(17)14(3)4/h13-16H,7-12H2,1-6H3. The average molecular weight is 379 g/mol. The molecule has 0 radical (unpaired) electrons. The molecule has 0 aromatic carbocycles. The highest BCUT2D eigenvalue weighted by Gasteiger charge is 2.27. The fourth-order valence-corrected chi connectivity index (χ4v) is 3.81. The molecule has 2 heterocycles. The predicted octanol–water partition coefficient (Wildman–Crippen LogP) is 2.26. The molecule has 1 fully saturated rings. The zero-order valence-electron chi connectivity index (χ0n) is 17.6. The van der Waals surface area contributed by atoms with Gasteiger partial charge in [-0.25, -0.2) is 4.79 Å². The highest BCUT2D eigenvalue weighted by Crippen LogP contribution is 2.20. The Balaban J connectivity index is 2.29. The van der Waals surface area contributed by atoms with Crippen molar-refractivity contribution in [1.29, 1.82) is 0 Å². The second-order valence-corrected chi connectivity index (χ2v) is 7.88. The van der Waals surface area contributed by atoms with Gasteiger partial charge < -0.3 is 9.80 Å². The van der Waals surface area contributed by atoms with Crippen molar-refractivity contribution in [3.63, 3.8) is 0 Å². The van der Waals surface area contributed by atoms with E-state index in [9.17, 15) is 14.4 Å². The molecule has 1 aromatic rings. The monoisotopic (exact) mass is 378 g/mol. The molecule has 1 saturated heterocycles. The van der Waals surface area contributed by atoms with Crippen molar-refractivity contribution in [2.45, 2.75) is 66.5 Å². The summed E-state index contributed by atoms with van der Waals surface area (Å²) in [5.74, 6) is 0.961. The minimum Gasteiger partial charge on any atom is -0.354 e. The molecule has 0 saturated carbocycles. The summed E-state index contributed by atoms with van der Waals surface area (Å²) < 4.78 is 3.00. The number of anilines is 1. The van der Waals surface area contributed by atoms with Gasteiger partial charge in [-0.2, -0.15) is 0 Å². The Morgan fingerprint density at radius 1 is 0.926 bits per heavy atom. The summed E-state index contributed by atoms with van der Waals surface area (Å²) in [6, 6.07) is 1.33. The topological polar surface area (TPSA) is 67.6 Å². The number of carbonyl (C=O) groups excluding carboxylic acids is 1. The number of nitrogens with zero attached hydrogens (tertiary/aromatic N) is 4. The van der Waals surface area contributed by atoms with Crippen molar-refractivity contribution in [3.8, 4) is 0 Å². The third-order valence-electron chi connectivity index (χ3n) is 5.43. The molecule has 0 bridgehead atoms. The van der Waals surface area contributed by atoms with Crippen LogP contribution in [0.3, 0.4) is 0 Å². The molecule has 152 valence electrons. The summed E-state index contributed by atoms with van der Waals surface area (Å²) in [4.78, 5) is 42.0. The summed E-state index contributed by atoms with van der Waals surface area (Å²) in [5.41, 5.74) is -0.532. The SMILES string of the molecule is CCC(CC)C(=O)N1CCN(c2cc(=O)n(C(C)C)c(=O)n2C(C)C)CC1. The van der Waals surface area contributed by atoms with E-state index in [1.807, 2.05) is 46.4 Å². The van der Waals surface area contributed by atoms with E-state index in [1.165, 1.54) is 4.57 Å². The van der Waals surface area contributed by atoms with Gasteiger partial charge in [0, 0.05) is 50.2 Å². The number of amides is 1.